The molecular formula is C12H13ClN2O2. The highest BCUT2D eigenvalue weighted by atomic mass is 35.5. The lowest BCUT2D eigenvalue weighted by Crippen LogP contribution is -2.14. The molecule has 0 unspecified atom stereocenters. The summed E-state index contributed by atoms with van der Waals surface area (Å²) in [6.45, 7) is 3.16. The second-order valence-electron chi connectivity index (χ2n) is 3.39. The molecule has 4 nitrogen and oxygen atoms in total. The molecule has 1 N–H and O–H groups in total. The molecule has 17 heavy (non-hydrogen) atoms. The van der Waals surface area contributed by atoms with Crippen LogP contribution in [0, 0.1) is 22.0 Å². The van der Waals surface area contributed by atoms with Crippen LogP contribution in [-0.4, -0.2) is 11.5 Å². The van der Waals surface area contributed by atoms with Crippen molar-refractivity contribution >= 4 is 17.3 Å². The first kappa shape index (κ1) is 13.5. The molecule has 0 saturated carbocycles. The van der Waals surface area contributed by atoms with Crippen molar-refractivity contribution in [2.24, 2.45) is 0 Å². The van der Waals surface area contributed by atoms with Gasteiger partial charge in [-0.2, -0.15) is 0 Å². The van der Waals surface area contributed by atoms with Crippen molar-refractivity contribution < 1.29 is 4.92 Å². The van der Waals surface area contributed by atoms with E-state index in [0.29, 0.717) is 11.6 Å². The molecule has 1 rings (SSSR count). The van der Waals surface area contributed by atoms with E-state index < -0.39 is 4.92 Å². The largest absolute Gasteiger partial charge is 0.312 e. The van der Waals surface area contributed by atoms with Crippen molar-refractivity contribution in [3.05, 3.63) is 38.9 Å². The highest BCUT2D eigenvalue weighted by molar-refractivity contribution is 6.31. The molecule has 1 aromatic carbocycles. The fourth-order valence-electron chi connectivity index (χ4n) is 1.29. The Labute approximate surface area is 105 Å². The van der Waals surface area contributed by atoms with Gasteiger partial charge in [-0.3, -0.25) is 10.1 Å². The average molecular weight is 253 g/mol. The van der Waals surface area contributed by atoms with Crippen LogP contribution in [-0.2, 0) is 6.54 Å². The van der Waals surface area contributed by atoms with E-state index in [1.165, 1.54) is 12.1 Å². The maximum absolute atomic E-state index is 10.5. The van der Waals surface area contributed by atoms with Crippen LogP contribution >= 0.6 is 11.6 Å². The quantitative estimate of drug-likeness (QED) is 0.379. The number of nitro groups is 1. The summed E-state index contributed by atoms with van der Waals surface area (Å²) in [5, 5.41) is 14.1. The number of rotatable bonds is 5. The van der Waals surface area contributed by atoms with Crippen molar-refractivity contribution in [1.29, 1.82) is 0 Å². The predicted molar refractivity (Wildman–Crippen MR) is 67.9 cm³/mol. The lowest BCUT2D eigenvalue weighted by molar-refractivity contribution is -0.384. The third-order valence-corrected chi connectivity index (χ3v) is 2.52. The van der Waals surface area contributed by atoms with E-state index in [-0.39, 0.29) is 5.69 Å². The molecule has 0 amide bonds. The van der Waals surface area contributed by atoms with Crippen molar-refractivity contribution in [1.82, 2.24) is 5.32 Å². The SMILES string of the molecule is CC#CCCNCc1ccc([N+](=O)[O-])cc1Cl. The van der Waals surface area contributed by atoms with E-state index >= 15 is 0 Å². The number of halogens is 1. The number of nitrogens with zero attached hydrogens (tertiary/aromatic N) is 1. The summed E-state index contributed by atoms with van der Waals surface area (Å²) in [5.74, 6) is 5.75. The molecule has 0 aromatic heterocycles. The van der Waals surface area contributed by atoms with Gasteiger partial charge in [0.2, 0.25) is 0 Å². The molecule has 0 aliphatic heterocycles. The molecule has 0 saturated heterocycles. The van der Waals surface area contributed by atoms with Crippen LogP contribution < -0.4 is 5.32 Å². The highest BCUT2D eigenvalue weighted by Gasteiger charge is 2.08. The Morgan fingerprint density at radius 2 is 2.29 bits per heavy atom. The zero-order valence-corrected chi connectivity index (χ0v) is 10.3. The van der Waals surface area contributed by atoms with E-state index in [9.17, 15) is 10.1 Å². The third kappa shape index (κ3) is 4.43. The van der Waals surface area contributed by atoms with Gasteiger partial charge < -0.3 is 5.32 Å². The van der Waals surface area contributed by atoms with Gasteiger partial charge in [-0.25, -0.2) is 0 Å². The van der Waals surface area contributed by atoms with Crippen LogP contribution in [0.15, 0.2) is 18.2 Å². The normalized spacial score (nSPS) is 9.53. The van der Waals surface area contributed by atoms with Crippen LogP contribution in [0.3, 0.4) is 0 Å². The maximum Gasteiger partial charge on any atom is 0.270 e. The molecule has 0 aliphatic rings. The van der Waals surface area contributed by atoms with Crippen molar-refractivity contribution in [2.45, 2.75) is 19.9 Å². The summed E-state index contributed by atoms with van der Waals surface area (Å²) in [4.78, 5) is 10.1. The first-order valence-corrected chi connectivity index (χ1v) is 5.56. The molecule has 5 heteroatoms. The molecule has 0 bridgehead atoms. The number of nitrogens with one attached hydrogen (secondary N) is 1. The molecule has 90 valence electrons. The van der Waals surface area contributed by atoms with Gasteiger partial charge in [0.05, 0.1) is 9.95 Å². The molecule has 1 aromatic rings. The van der Waals surface area contributed by atoms with Gasteiger partial charge >= 0.3 is 0 Å². The average Bonchev–Trinajstić information content (AvgIpc) is 2.30. The zero-order chi connectivity index (χ0) is 12.7. The molecule has 0 spiro atoms. The Balaban J connectivity index is 2.53. The van der Waals surface area contributed by atoms with Gasteiger partial charge in [-0.1, -0.05) is 11.6 Å². The zero-order valence-electron chi connectivity index (χ0n) is 9.50. The topological polar surface area (TPSA) is 55.2 Å². The summed E-state index contributed by atoms with van der Waals surface area (Å²) < 4.78 is 0. The van der Waals surface area contributed by atoms with Gasteiger partial charge in [0.25, 0.3) is 5.69 Å². The second kappa shape index (κ2) is 6.89. The standard InChI is InChI=1S/C12H13ClN2O2/c1-2-3-4-7-14-9-10-5-6-11(15(16)17)8-12(10)13/h5-6,8,14H,4,7,9H2,1H3. The molecule has 0 atom stereocenters. The number of hydrogen-bond donors (Lipinski definition) is 1. The first-order chi connectivity index (χ1) is 8.15. The van der Waals surface area contributed by atoms with E-state index in [1.807, 2.05) is 0 Å². The Morgan fingerprint density at radius 1 is 1.53 bits per heavy atom. The van der Waals surface area contributed by atoms with Crippen LogP contribution in [0.2, 0.25) is 5.02 Å². The summed E-state index contributed by atoms with van der Waals surface area (Å²) in [6, 6.07) is 4.48. The van der Waals surface area contributed by atoms with Crippen LogP contribution in [0.25, 0.3) is 0 Å². The maximum atomic E-state index is 10.5. The van der Waals surface area contributed by atoms with Crippen molar-refractivity contribution in [3.63, 3.8) is 0 Å². The first-order valence-electron chi connectivity index (χ1n) is 5.18. The second-order valence-corrected chi connectivity index (χ2v) is 3.79. The minimum Gasteiger partial charge on any atom is -0.312 e. The van der Waals surface area contributed by atoms with Gasteiger partial charge in [0, 0.05) is 31.6 Å². The third-order valence-electron chi connectivity index (χ3n) is 2.17. The summed E-state index contributed by atoms with van der Waals surface area (Å²) >= 11 is 5.94. The summed E-state index contributed by atoms with van der Waals surface area (Å²) in [7, 11) is 0. The molecular weight excluding hydrogens is 240 g/mol. The molecule has 0 heterocycles. The Morgan fingerprint density at radius 3 is 2.88 bits per heavy atom. The van der Waals surface area contributed by atoms with Crippen LogP contribution in [0.1, 0.15) is 18.9 Å². The highest BCUT2D eigenvalue weighted by Crippen LogP contribution is 2.22. The molecule has 0 aliphatic carbocycles. The number of nitro benzene ring substituents is 1. The minimum absolute atomic E-state index is 0.00981. The fourth-order valence-corrected chi connectivity index (χ4v) is 1.53. The Bertz CT molecular complexity index is 463. The Hall–Kier alpha value is -1.57. The van der Waals surface area contributed by atoms with Gasteiger partial charge in [-0.15, -0.1) is 11.8 Å². The number of non-ortho nitro benzene ring substituents is 1. The van der Waals surface area contributed by atoms with Crippen LogP contribution in [0.4, 0.5) is 5.69 Å². The lowest BCUT2D eigenvalue weighted by Gasteiger charge is -2.04. The van der Waals surface area contributed by atoms with Gasteiger partial charge in [-0.05, 0) is 18.6 Å². The fraction of sp³-hybridized carbons (Fsp3) is 0.333. The van der Waals surface area contributed by atoms with Crippen LogP contribution in [0.5, 0.6) is 0 Å². The monoisotopic (exact) mass is 252 g/mol. The summed E-state index contributed by atoms with van der Waals surface area (Å²) in [5.41, 5.74) is 0.859. The molecule has 0 fully saturated rings. The summed E-state index contributed by atoms with van der Waals surface area (Å²) in [6.07, 6.45) is 0.779. The van der Waals surface area contributed by atoms with Crippen molar-refractivity contribution in [3.8, 4) is 11.8 Å². The number of benzene rings is 1. The Kier molecular flexibility index (Phi) is 5.47. The van der Waals surface area contributed by atoms with E-state index in [2.05, 4.69) is 17.2 Å². The van der Waals surface area contributed by atoms with Gasteiger partial charge in [0.15, 0.2) is 0 Å². The van der Waals surface area contributed by atoms with E-state index in [1.54, 1.807) is 13.0 Å². The predicted octanol–water partition coefficient (Wildman–Crippen LogP) is 2.75. The number of hydrogen-bond acceptors (Lipinski definition) is 3. The van der Waals surface area contributed by atoms with E-state index in [4.69, 9.17) is 11.6 Å². The van der Waals surface area contributed by atoms with E-state index in [0.717, 1.165) is 18.5 Å². The lowest BCUT2D eigenvalue weighted by atomic mass is 10.2. The van der Waals surface area contributed by atoms with Gasteiger partial charge in [0.1, 0.15) is 0 Å². The van der Waals surface area contributed by atoms with Crippen molar-refractivity contribution in [2.75, 3.05) is 6.54 Å². The minimum atomic E-state index is -0.458. The molecule has 0 radical (unpaired) electrons. The smallest absolute Gasteiger partial charge is 0.270 e.